The monoisotopic (exact) mass is 418 g/mol. The summed E-state index contributed by atoms with van der Waals surface area (Å²) in [7, 11) is 0. The molecule has 0 N–H and O–H groups in total. The molecule has 2 aromatic heterocycles. The van der Waals surface area contributed by atoms with Crippen LogP contribution >= 0.6 is 11.3 Å². The number of hydrogen-bond acceptors (Lipinski definition) is 5. The van der Waals surface area contributed by atoms with Crippen LogP contribution in [0.2, 0.25) is 0 Å². The van der Waals surface area contributed by atoms with Crippen LogP contribution in [-0.2, 0) is 6.54 Å². The Labute approximate surface area is 179 Å². The molecule has 2 aromatic carbocycles. The molecule has 0 saturated heterocycles. The van der Waals surface area contributed by atoms with Crippen molar-refractivity contribution in [1.29, 1.82) is 0 Å². The van der Waals surface area contributed by atoms with Gasteiger partial charge in [-0.1, -0.05) is 49.4 Å². The van der Waals surface area contributed by atoms with E-state index in [1.54, 1.807) is 41.5 Å². The maximum absolute atomic E-state index is 13.4. The Hall–Kier alpha value is -3.25. The number of anilines is 1. The molecule has 0 unspecified atom stereocenters. The molecular weight excluding hydrogens is 396 g/mol. The molecule has 1 amide bonds. The van der Waals surface area contributed by atoms with E-state index in [0.29, 0.717) is 27.9 Å². The van der Waals surface area contributed by atoms with Gasteiger partial charge in [0.2, 0.25) is 0 Å². The number of amides is 1. The standard InChI is InChI=1S/C24H22N2O3S/c1-15(2)20-7-4-8-21-22(20)25-24(30-21)26(14-19-6-5-13-29-19)23(28)18-11-9-17(10-12-18)16(3)27/h4-13,15H,14H2,1-3H3. The zero-order valence-corrected chi connectivity index (χ0v) is 17.9. The second-order valence-corrected chi connectivity index (χ2v) is 8.46. The Morgan fingerprint density at radius 3 is 2.40 bits per heavy atom. The predicted molar refractivity (Wildman–Crippen MR) is 119 cm³/mol. The van der Waals surface area contributed by atoms with Gasteiger partial charge in [-0.15, -0.1) is 0 Å². The fraction of sp³-hybridized carbons (Fsp3) is 0.208. The van der Waals surface area contributed by atoms with Crippen LogP contribution in [-0.4, -0.2) is 16.7 Å². The third-order valence-corrected chi connectivity index (χ3v) is 6.01. The van der Waals surface area contributed by atoms with Crippen molar-refractivity contribution >= 4 is 38.4 Å². The number of furan rings is 1. The van der Waals surface area contributed by atoms with Crippen LogP contribution < -0.4 is 4.90 Å². The van der Waals surface area contributed by atoms with Gasteiger partial charge >= 0.3 is 0 Å². The number of Topliss-reactive ketones (excluding diaryl/α,β-unsaturated/α-hetero) is 1. The summed E-state index contributed by atoms with van der Waals surface area (Å²) in [5.74, 6) is 0.782. The first-order valence-electron chi connectivity index (χ1n) is 9.78. The number of carbonyl (C=O) groups is 2. The van der Waals surface area contributed by atoms with Gasteiger partial charge in [-0.3, -0.25) is 14.5 Å². The zero-order valence-electron chi connectivity index (χ0n) is 17.1. The maximum Gasteiger partial charge on any atom is 0.260 e. The Kier molecular flexibility index (Phi) is 5.50. The number of para-hydroxylation sites is 1. The molecule has 4 aromatic rings. The molecule has 0 radical (unpaired) electrons. The van der Waals surface area contributed by atoms with Crippen molar-refractivity contribution in [2.45, 2.75) is 33.2 Å². The van der Waals surface area contributed by atoms with Gasteiger partial charge in [0.1, 0.15) is 5.76 Å². The van der Waals surface area contributed by atoms with E-state index in [1.165, 1.54) is 18.3 Å². The Morgan fingerprint density at radius 2 is 1.77 bits per heavy atom. The van der Waals surface area contributed by atoms with Crippen molar-refractivity contribution in [3.05, 3.63) is 83.3 Å². The average molecular weight is 419 g/mol. The van der Waals surface area contributed by atoms with Crippen molar-refractivity contribution in [2.75, 3.05) is 4.90 Å². The SMILES string of the molecule is CC(=O)c1ccc(C(=O)N(Cc2ccco2)c2nc3c(C(C)C)cccc3s2)cc1. The Bertz CT molecular complexity index is 1190. The van der Waals surface area contributed by atoms with Crippen LogP contribution in [0.5, 0.6) is 0 Å². The number of thiazole rings is 1. The van der Waals surface area contributed by atoms with Gasteiger partial charge in [0.05, 0.1) is 23.0 Å². The van der Waals surface area contributed by atoms with E-state index in [9.17, 15) is 9.59 Å². The molecule has 30 heavy (non-hydrogen) atoms. The van der Waals surface area contributed by atoms with Gasteiger partial charge in [0, 0.05) is 11.1 Å². The highest BCUT2D eigenvalue weighted by Gasteiger charge is 2.24. The molecule has 0 bridgehead atoms. The zero-order chi connectivity index (χ0) is 21.3. The first-order valence-corrected chi connectivity index (χ1v) is 10.6. The minimum atomic E-state index is -0.188. The number of aromatic nitrogens is 1. The van der Waals surface area contributed by atoms with Gasteiger partial charge in [0.15, 0.2) is 10.9 Å². The summed E-state index contributed by atoms with van der Waals surface area (Å²) in [6.45, 7) is 6.05. The summed E-state index contributed by atoms with van der Waals surface area (Å²) in [5, 5.41) is 0.621. The summed E-state index contributed by atoms with van der Waals surface area (Å²) in [4.78, 5) is 31.4. The summed E-state index contributed by atoms with van der Waals surface area (Å²) >= 11 is 1.49. The van der Waals surface area contributed by atoms with E-state index in [-0.39, 0.29) is 18.2 Å². The highest BCUT2D eigenvalue weighted by Crippen LogP contribution is 2.34. The summed E-state index contributed by atoms with van der Waals surface area (Å²) in [5.41, 5.74) is 3.16. The van der Waals surface area contributed by atoms with E-state index >= 15 is 0 Å². The normalized spacial score (nSPS) is 11.2. The van der Waals surface area contributed by atoms with E-state index in [0.717, 1.165) is 15.8 Å². The maximum atomic E-state index is 13.4. The van der Waals surface area contributed by atoms with Crippen LogP contribution in [0, 0.1) is 0 Å². The number of carbonyl (C=O) groups excluding carboxylic acids is 2. The summed E-state index contributed by atoms with van der Waals surface area (Å²) in [6.07, 6.45) is 1.59. The number of fused-ring (bicyclic) bond motifs is 1. The van der Waals surface area contributed by atoms with Crippen LogP contribution in [0.3, 0.4) is 0 Å². The minimum absolute atomic E-state index is 0.0335. The molecule has 4 rings (SSSR count). The Morgan fingerprint density at radius 1 is 1.03 bits per heavy atom. The molecule has 0 aliphatic heterocycles. The molecule has 0 fully saturated rings. The van der Waals surface area contributed by atoms with E-state index in [2.05, 4.69) is 19.9 Å². The predicted octanol–water partition coefficient (Wildman–Crippen LogP) is 6.06. The minimum Gasteiger partial charge on any atom is -0.467 e. The van der Waals surface area contributed by atoms with Crippen LogP contribution in [0.4, 0.5) is 5.13 Å². The fourth-order valence-corrected chi connectivity index (χ4v) is 4.33. The molecule has 0 aliphatic carbocycles. The van der Waals surface area contributed by atoms with Crippen LogP contribution in [0.1, 0.15) is 58.7 Å². The molecule has 152 valence electrons. The first kappa shape index (κ1) is 20.0. The molecule has 2 heterocycles. The van der Waals surface area contributed by atoms with Crippen molar-refractivity contribution in [2.24, 2.45) is 0 Å². The summed E-state index contributed by atoms with van der Waals surface area (Å²) in [6, 6.07) is 16.5. The third-order valence-electron chi connectivity index (χ3n) is 4.97. The van der Waals surface area contributed by atoms with E-state index in [1.807, 2.05) is 18.2 Å². The molecule has 0 spiro atoms. The van der Waals surface area contributed by atoms with Gasteiger partial charge < -0.3 is 4.42 Å². The second-order valence-electron chi connectivity index (χ2n) is 7.45. The lowest BCUT2D eigenvalue weighted by Gasteiger charge is -2.19. The average Bonchev–Trinajstić information content (AvgIpc) is 3.40. The molecule has 5 nitrogen and oxygen atoms in total. The van der Waals surface area contributed by atoms with Gasteiger partial charge in [-0.2, -0.15) is 0 Å². The number of rotatable bonds is 6. The number of ketones is 1. The molecule has 0 aliphatic rings. The highest BCUT2D eigenvalue weighted by atomic mass is 32.1. The number of nitrogens with zero attached hydrogens (tertiary/aromatic N) is 2. The van der Waals surface area contributed by atoms with Gasteiger partial charge in [-0.25, -0.2) is 4.98 Å². The Balaban J connectivity index is 1.76. The largest absolute Gasteiger partial charge is 0.467 e. The quantitative estimate of drug-likeness (QED) is 0.357. The first-order chi connectivity index (χ1) is 14.4. The highest BCUT2D eigenvalue weighted by molar-refractivity contribution is 7.22. The van der Waals surface area contributed by atoms with Crippen molar-refractivity contribution in [3.8, 4) is 0 Å². The second kappa shape index (κ2) is 8.24. The van der Waals surface area contributed by atoms with Gasteiger partial charge in [-0.05, 0) is 48.7 Å². The lowest BCUT2D eigenvalue weighted by Crippen LogP contribution is -2.30. The van der Waals surface area contributed by atoms with Crippen LogP contribution in [0.15, 0.2) is 65.3 Å². The third kappa shape index (κ3) is 3.91. The molecular formula is C24H22N2O3S. The van der Waals surface area contributed by atoms with Gasteiger partial charge in [0.25, 0.3) is 5.91 Å². The van der Waals surface area contributed by atoms with E-state index < -0.39 is 0 Å². The number of hydrogen-bond donors (Lipinski definition) is 0. The van der Waals surface area contributed by atoms with Crippen LogP contribution in [0.25, 0.3) is 10.2 Å². The topological polar surface area (TPSA) is 63.4 Å². The fourth-order valence-electron chi connectivity index (χ4n) is 3.33. The van der Waals surface area contributed by atoms with Crippen molar-refractivity contribution in [3.63, 3.8) is 0 Å². The lowest BCUT2D eigenvalue weighted by atomic mass is 10.0. The molecule has 0 saturated carbocycles. The lowest BCUT2D eigenvalue weighted by molar-refractivity contribution is 0.0979. The number of benzene rings is 2. The smallest absolute Gasteiger partial charge is 0.260 e. The van der Waals surface area contributed by atoms with Crippen molar-refractivity contribution < 1.29 is 14.0 Å². The van der Waals surface area contributed by atoms with Crippen molar-refractivity contribution in [1.82, 2.24) is 4.98 Å². The summed E-state index contributed by atoms with van der Waals surface area (Å²) < 4.78 is 6.54. The van der Waals surface area contributed by atoms with E-state index in [4.69, 9.17) is 9.40 Å². The molecule has 0 atom stereocenters. The molecule has 6 heteroatoms.